The van der Waals surface area contributed by atoms with Gasteiger partial charge in [-0.1, -0.05) is 54.2 Å². The summed E-state index contributed by atoms with van der Waals surface area (Å²) in [5.74, 6) is -0.214. The van der Waals surface area contributed by atoms with Gasteiger partial charge in [0.25, 0.3) is 11.5 Å². The van der Waals surface area contributed by atoms with Crippen molar-refractivity contribution in [2.24, 2.45) is 7.05 Å². The van der Waals surface area contributed by atoms with Crippen LogP contribution < -0.4 is 15.8 Å². The normalized spacial score (nSPS) is 12.3. The van der Waals surface area contributed by atoms with Gasteiger partial charge in [0.15, 0.2) is 0 Å². The van der Waals surface area contributed by atoms with Gasteiger partial charge in [-0.2, -0.15) is 0 Å². The molecular weight excluding hydrogens is 418 g/mol. The number of anilines is 2. The smallest absolute Gasteiger partial charge is 0.252 e. The molecule has 0 bridgehead atoms. The first-order valence-electron chi connectivity index (χ1n) is 10.6. The monoisotopic (exact) mass is 441 g/mol. The number of para-hydroxylation sites is 3. The Labute approximate surface area is 190 Å². The average Bonchev–Trinajstić information content (AvgIpc) is 2.83. The van der Waals surface area contributed by atoms with Crippen LogP contribution in [-0.2, 0) is 7.05 Å². The Kier molecular flexibility index (Phi) is 5.45. The molecule has 0 saturated heterocycles. The van der Waals surface area contributed by atoms with E-state index >= 15 is 0 Å². The van der Waals surface area contributed by atoms with Crippen LogP contribution in [0.15, 0.2) is 93.4 Å². The fraction of sp³-hybridized carbons (Fsp3) is 0.154. The maximum absolute atomic E-state index is 12.9. The van der Waals surface area contributed by atoms with E-state index in [4.69, 9.17) is 0 Å². The van der Waals surface area contributed by atoms with Gasteiger partial charge in [0.1, 0.15) is 0 Å². The molecule has 0 radical (unpaired) electrons. The quantitative estimate of drug-likeness (QED) is 0.445. The number of fused-ring (bicyclic) bond motifs is 3. The van der Waals surface area contributed by atoms with Crippen LogP contribution in [0.1, 0.15) is 16.8 Å². The maximum atomic E-state index is 12.9. The number of hydrogen-bond donors (Lipinski definition) is 1. The van der Waals surface area contributed by atoms with E-state index in [2.05, 4.69) is 58.7 Å². The molecule has 2 heterocycles. The molecule has 0 atom stereocenters. The summed E-state index contributed by atoms with van der Waals surface area (Å²) in [5, 5.41) is 3.79. The number of benzene rings is 3. The minimum Gasteiger partial charge on any atom is -0.352 e. The van der Waals surface area contributed by atoms with Gasteiger partial charge in [0.05, 0.1) is 22.5 Å². The number of rotatable bonds is 5. The number of pyridine rings is 1. The number of nitrogens with one attached hydrogen (secondary N) is 1. The average molecular weight is 442 g/mol. The zero-order chi connectivity index (χ0) is 22.1. The van der Waals surface area contributed by atoms with Crippen LogP contribution in [0, 0.1) is 0 Å². The molecule has 32 heavy (non-hydrogen) atoms. The Hall–Kier alpha value is -3.51. The molecule has 0 spiro atoms. The van der Waals surface area contributed by atoms with Crippen molar-refractivity contribution in [1.29, 1.82) is 0 Å². The minimum atomic E-state index is -0.214. The first-order valence-corrected chi connectivity index (χ1v) is 11.5. The fourth-order valence-electron chi connectivity index (χ4n) is 4.15. The molecule has 1 aliphatic heterocycles. The van der Waals surface area contributed by atoms with Gasteiger partial charge in [-0.3, -0.25) is 9.59 Å². The highest BCUT2D eigenvalue weighted by Crippen LogP contribution is 2.47. The Morgan fingerprint density at radius 1 is 0.906 bits per heavy atom. The third-order valence-electron chi connectivity index (χ3n) is 5.77. The highest BCUT2D eigenvalue weighted by molar-refractivity contribution is 7.99. The summed E-state index contributed by atoms with van der Waals surface area (Å²) < 4.78 is 1.56. The molecule has 1 amide bonds. The van der Waals surface area contributed by atoms with E-state index in [1.165, 1.54) is 27.2 Å². The molecule has 4 aromatic rings. The van der Waals surface area contributed by atoms with Crippen LogP contribution in [0.5, 0.6) is 0 Å². The molecular formula is C26H23N3O2S. The number of carbonyl (C=O) groups is 1. The molecule has 3 aromatic carbocycles. The van der Waals surface area contributed by atoms with Gasteiger partial charge in [0, 0.05) is 41.4 Å². The summed E-state index contributed by atoms with van der Waals surface area (Å²) >= 11 is 1.79. The second kappa shape index (κ2) is 8.55. The van der Waals surface area contributed by atoms with Crippen molar-refractivity contribution in [2.45, 2.75) is 16.2 Å². The zero-order valence-corrected chi connectivity index (χ0v) is 18.6. The summed E-state index contributed by atoms with van der Waals surface area (Å²) in [6, 6.07) is 25.7. The molecule has 0 saturated carbocycles. The SMILES string of the molecule is Cn1c(=O)cc(C(=O)NCCCN2c3ccccc3Sc3ccccc32)c2ccccc21. The van der Waals surface area contributed by atoms with Crippen molar-refractivity contribution in [3.8, 4) is 0 Å². The molecule has 0 fully saturated rings. The van der Waals surface area contributed by atoms with Gasteiger partial charge in [0.2, 0.25) is 0 Å². The van der Waals surface area contributed by atoms with Crippen molar-refractivity contribution in [3.63, 3.8) is 0 Å². The van der Waals surface area contributed by atoms with Crippen molar-refractivity contribution in [1.82, 2.24) is 9.88 Å². The van der Waals surface area contributed by atoms with E-state index in [-0.39, 0.29) is 11.5 Å². The molecule has 160 valence electrons. The van der Waals surface area contributed by atoms with Gasteiger partial charge < -0.3 is 14.8 Å². The highest BCUT2D eigenvalue weighted by atomic mass is 32.2. The van der Waals surface area contributed by atoms with E-state index in [9.17, 15) is 9.59 Å². The Balaban J connectivity index is 1.31. The Morgan fingerprint density at radius 3 is 2.25 bits per heavy atom. The van der Waals surface area contributed by atoms with Gasteiger partial charge >= 0.3 is 0 Å². The Bertz CT molecular complexity index is 1330. The highest BCUT2D eigenvalue weighted by Gasteiger charge is 2.22. The van der Waals surface area contributed by atoms with Crippen LogP contribution in [-0.4, -0.2) is 23.6 Å². The topological polar surface area (TPSA) is 54.3 Å². The minimum absolute atomic E-state index is 0.187. The van der Waals surface area contributed by atoms with Crippen molar-refractivity contribution in [2.75, 3.05) is 18.0 Å². The van der Waals surface area contributed by atoms with E-state index in [0.29, 0.717) is 12.1 Å². The zero-order valence-electron chi connectivity index (χ0n) is 17.7. The van der Waals surface area contributed by atoms with Crippen LogP contribution in [0.4, 0.5) is 11.4 Å². The lowest BCUT2D eigenvalue weighted by molar-refractivity contribution is 0.0955. The Morgan fingerprint density at radius 2 is 1.53 bits per heavy atom. The third-order valence-corrected chi connectivity index (χ3v) is 6.90. The molecule has 5 nitrogen and oxygen atoms in total. The lowest BCUT2D eigenvalue weighted by Gasteiger charge is -2.32. The van der Waals surface area contributed by atoms with E-state index in [1.807, 2.05) is 24.3 Å². The molecule has 6 heteroatoms. The summed E-state index contributed by atoms with van der Waals surface area (Å²) in [5.41, 5.74) is 3.38. The van der Waals surface area contributed by atoms with Crippen molar-refractivity contribution in [3.05, 3.63) is 94.8 Å². The number of hydrogen-bond acceptors (Lipinski definition) is 4. The molecule has 1 N–H and O–H groups in total. The van der Waals surface area contributed by atoms with Crippen LogP contribution in [0.3, 0.4) is 0 Å². The maximum Gasteiger partial charge on any atom is 0.252 e. The molecule has 1 aliphatic rings. The summed E-state index contributed by atoms with van der Waals surface area (Å²) in [6.07, 6.45) is 0.780. The lowest BCUT2D eigenvalue weighted by atomic mass is 10.1. The number of aryl methyl sites for hydroxylation is 1. The third kappa shape index (κ3) is 3.67. The fourth-order valence-corrected chi connectivity index (χ4v) is 5.25. The second-order valence-corrected chi connectivity index (χ2v) is 8.85. The summed E-state index contributed by atoms with van der Waals surface area (Å²) in [7, 11) is 1.72. The predicted molar refractivity (Wildman–Crippen MR) is 130 cm³/mol. The summed E-state index contributed by atoms with van der Waals surface area (Å²) in [4.78, 5) is 30.0. The lowest BCUT2D eigenvalue weighted by Crippen LogP contribution is -2.30. The molecule has 5 rings (SSSR count). The van der Waals surface area contributed by atoms with Crippen molar-refractivity contribution < 1.29 is 4.79 Å². The van der Waals surface area contributed by atoms with E-state index < -0.39 is 0 Å². The molecule has 1 aromatic heterocycles. The van der Waals surface area contributed by atoms with Crippen LogP contribution in [0.25, 0.3) is 10.9 Å². The first-order chi connectivity index (χ1) is 15.6. The first kappa shape index (κ1) is 20.4. The number of carbonyl (C=O) groups excluding carboxylic acids is 1. The van der Waals surface area contributed by atoms with Crippen LogP contribution >= 0.6 is 11.8 Å². The van der Waals surface area contributed by atoms with Gasteiger partial charge in [-0.25, -0.2) is 0 Å². The van der Waals surface area contributed by atoms with Gasteiger partial charge in [-0.05, 0) is 36.8 Å². The number of amides is 1. The van der Waals surface area contributed by atoms with Crippen LogP contribution in [0.2, 0.25) is 0 Å². The number of aromatic nitrogens is 1. The predicted octanol–water partition coefficient (Wildman–Crippen LogP) is 4.96. The standard InChI is InChI=1S/C26H23N3O2S/c1-28-20-10-3-2-9-18(20)19(17-25(28)30)26(31)27-15-8-16-29-21-11-4-6-13-23(21)32-24-14-7-5-12-22(24)29/h2-7,9-14,17H,8,15-16H2,1H3,(H,27,31). The largest absolute Gasteiger partial charge is 0.352 e. The molecule has 0 aliphatic carbocycles. The van der Waals surface area contributed by atoms with E-state index in [1.54, 1.807) is 23.4 Å². The van der Waals surface area contributed by atoms with Gasteiger partial charge in [-0.15, -0.1) is 0 Å². The van der Waals surface area contributed by atoms with Crippen molar-refractivity contribution >= 4 is 39.9 Å². The second-order valence-electron chi connectivity index (χ2n) is 7.77. The summed E-state index contributed by atoms with van der Waals surface area (Å²) in [6.45, 7) is 1.31. The number of nitrogens with zero attached hydrogens (tertiary/aromatic N) is 2. The van der Waals surface area contributed by atoms with E-state index in [0.717, 1.165) is 23.9 Å². The molecule has 0 unspecified atom stereocenters.